The van der Waals surface area contributed by atoms with Crippen LogP contribution >= 0.6 is 0 Å². The standard InChI is InChI=1S/C20H41NO3/c1-3-5-7-9-10-11-13-15-20(23)21-17-19(18-22)24-16-14-12-8-6-4-2/h19,22H,3-18H2,1-2H3,(H,21,23). The molecule has 1 atom stereocenters. The summed E-state index contributed by atoms with van der Waals surface area (Å²) in [6.45, 7) is 5.48. The third kappa shape index (κ3) is 16.3. The fourth-order valence-electron chi connectivity index (χ4n) is 2.69. The second-order valence-electron chi connectivity index (χ2n) is 6.76. The lowest BCUT2D eigenvalue weighted by Crippen LogP contribution is -2.35. The highest BCUT2D eigenvalue weighted by molar-refractivity contribution is 5.75. The summed E-state index contributed by atoms with van der Waals surface area (Å²) in [6, 6.07) is 0. The predicted octanol–water partition coefficient (Wildman–Crippen LogP) is 4.59. The van der Waals surface area contributed by atoms with Gasteiger partial charge in [-0.2, -0.15) is 0 Å². The molecule has 0 radical (unpaired) electrons. The number of nitrogens with one attached hydrogen (secondary N) is 1. The topological polar surface area (TPSA) is 58.6 Å². The van der Waals surface area contributed by atoms with Gasteiger partial charge < -0.3 is 15.2 Å². The number of aliphatic hydroxyl groups excluding tert-OH is 1. The third-order valence-electron chi connectivity index (χ3n) is 4.34. The molecule has 1 amide bonds. The summed E-state index contributed by atoms with van der Waals surface area (Å²) in [5.41, 5.74) is 0. The molecule has 0 aliphatic heterocycles. The molecule has 0 fully saturated rings. The minimum absolute atomic E-state index is 0.0351. The van der Waals surface area contributed by atoms with Crippen LogP contribution in [-0.4, -0.2) is 36.9 Å². The van der Waals surface area contributed by atoms with Crippen molar-refractivity contribution in [3.05, 3.63) is 0 Å². The van der Waals surface area contributed by atoms with Gasteiger partial charge in [0, 0.05) is 19.6 Å². The van der Waals surface area contributed by atoms with Crippen LogP contribution in [0.4, 0.5) is 0 Å². The van der Waals surface area contributed by atoms with Gasteiger partial charge in [-0.1, -0.05) is 78.1 Å². The van der Waals surface area contributed by atoms with E-state index < -0.39 is 0 Å². The van der Waals surface area contributed by atoms with Gasteiger partial charge >= 0.3 is 0 Å². The highest BCUT2D eigenvalue weighted by Crippen LogP contribution is 2.08. The van der Waals surface area contributed by atoms with Crippen LogP contribution in [0.3, 0.4) is 0 Å². The first-order valence-corrected chi connectivity index (χ1v) is 10.2. The lowest BCUT2D eigenvalue weighted by Gasteiger charge is -2.16. The van der Waals surface area contributed by atoms with Crippen molar-refractivity contribution >= 4 is 5.91 Å². The molecule has 0 aromatic heterocycles. The summed E-state index contributed by atoms with van der Waals surface area (Å²) in [6.07, 6.45) is 14.8. The Labute approximate surface area is 149 Å². The second kappa shape index (κ2) is 18.7. The quantitative estimate of drug-likeness (QED) is 0.358. The van der Waals surface area contributed by atoms with Crippen molar-refractivity contribution in [2.45, 2.75) is 103 Å². The maximum absolute atomic E-state index is 11.8. The Morgan fingerprint density at radius 3 is 2.00 bits per heavy atom. The molecule has 1 unspecified atom stereocenters. The van der Waals surface area contributed by atoms with Gasteiger partial charge in [0.25, 0.3) is 0 Å². The predicted molar refractivity (Wildman–Crippen MR) is 101 cm³/mol. The number of carbonyl (C=O) groups is 1. The Bertz CT molecular complexity index is 272. The van der Waals surface area contributed by atoms with E-state index in [1.165, 1.54) is 57.8 Å². The van der Waals surface area contributed by atoms with Crippen molar-refractivity contribution in [1.29, 1.82) is 0 Å². The molecule has 0 saturated heterocycles. The van der Waals surface area contributed by atoms with Gasteiger partial charge in [-0.25, -0.2) is 0 Å². The van der Waals surface area contributed by atoms with Crippen LogP contribution in [0.5, 0.6) is 0 Å². The Morgan fingerprint density at radius 2 is 1.42 bits per heavy atom. The normalized spacial score (nSPS) is 12.3. The lowest BCUT2D eigenvalue weighted by molar-refractivity contribution is -0.122. The summed E-state index contributed by atoms with van der Waals surface area (Å²) >= 11 is 0. The monoisotopic (exact) mass is 343 g/mol. The molecule has 0 aromatic carbocycles. The lowest BCUT2D eigenvalue weighted by atomic mass is 10.1. The first-order chi connectivity index (χ1) is 11.7. The Morgan fingerprint density at radius 1 is 0.875 bits per heavy atom. The number of carbonyl (C=O) groups excluding carboxylic acids is 1. The molecule has 2 N–H and O–H groups in total. The number of amides is 1. The van der Waals surface area contributed by atoms with Crippen LogP contribution in [-0.2, 0) is 9.53 Å². The van der Waals surface area contributed by atoms with E-state index in [2.05, 4.69) is 19.2 Å². The van der Waals surface area contributed by atoms with Crippen LogP contribution in [0.1, 0.15) is 97.3 Å². The third-order valence-corrected chi connectivity index (χ3v) is 4.34. The fourth-order valence-corrected chi connectivity index (χ4v) is 2.69. The molecule has 0 aromatic rings. The van der Waals surface area contributed by atoms with Gasteiger partial charge in [0.1, 0.15) is 0 Å². The molecule has 0 rings (SSSR count). The smallest absolute Gasteiger partial charge is 0.220 e. The van der Waals surface area contributed by atoms with E-state index in [1.54, 1.807) is 0 Å². The van der Waals surface area contributed by atoms with Gasteiger partial charge in [0.2, 0.25) is 5.91 Å². The average molecular weight is 344 g/mol. The Balaban J connectivity index is 3.49. The Hall–Kier alpha value is -0.610. The van der Waals surface area contributed by atoms with E-state index in [9.17, 15) is 9.90 Å². The summed E-state index contributed by atoms with van der Waals surface area (Å²) in [7, 11) is 0. The van der Waals surface area contributed by atoms with Crippen LogP contribution in [0, 0.1) is 0 Å². The molecule has 0 aliphatic rings. The first kappa shape index (κ1) is 23.4. The minimum atomic E-state index is -0.269. The zero-order valence-electron chi connectivity index (χ0n) is 16.2. The van der Waals surface area contributed by atoms with E-state index in [-0.39, 0.29) is 18.6 Å². The molecule has 4 heteroatoms. The number of hydrogen-bond acceptors (Lipinski definition) is 3. The fraction of sp³-hybridized carbons (Fsp3) is 0.950. The van der Waals surface area contributed by atoms with Gasteiger partial charge in [0.15, 0.2) is 0 Å². The average Bonchev–Trinajstić information content (AvgIpc) is 2.59. The first-order valence-electron chi connectivity index (χ1n) is 10.2. The van der Waals surface area contributed by atoms with Crippen LogP contribution in [0.25, 0.3) is 0 Å². The molecule has 0 saturated carbocycles. The molecule has 0 aliphatic carbocycles. The van der Waals surface area contributed by atoms with Crippen molar-refractivity contribution in [2.24, 2.45) is 0 Å². The second-order valence-corrected chi connectivity index (χ2v) is 6.76. The summed E-state index contributed by atoms with van der Waals surface area (Å²) in [5, 5.41) is 12.2. The van der Waals surface area contributed by atoms with Crippen molar-refractivity contribution < 1.29 is 14.6 Å². The molecular weight excluding hydrogens is 302 g/mol. The summed E-state index contributed by atoms with van der Waals surface area (Å²) in [5.74, 6) is 0.0774. The van der Waals surface area contributed by atoms with Crippen molar-refractivity contribution in [3.8, 4) is 0 Å². The highest BCUT2D eigenvalue weighted by Gasteiger charge is 2.09. The largest absolute Gasteiger partial charge is 0.394 e. The molecule has 0 bridgehead atoms. The molecule has 24 heavy (non-hydrogen) atoms. The van der Waals surface area contributed by atoms with E-state index in [4.69, 9.17) is 4.74 Å². The van der Waals surface area contributed by atoms with Crippen molar-refractivity contribution in [1.82, 2.24) is 5.32 Å². The maximum Gasteiger partial charge on any atom is 0.220 e. The molecule has 4 nitrogen and oxygen atoms in total. The maximum atomic E-state index is 11.8. The molecule has 0 heterocycles. The van der Waals surface area contributed by atoms with E-state index in [0.717, 1.165) is 19.3 Å². The van der Waals surface area contributed by atoms with E-state index in [0.29, 0.717) is 19.6 Å². The zero-order valence-corrected chi connectivity index (χ0v) is 16.2. The number of hydrogen-bond donors (Lipinski definition) is 2. The molecular formula is C20H41NO3. The van der Waals surface area contributed by atoms with Crippen LogP contribution < -0.4 is 5.32 Å². The number of unbranched alkanes of at least 4 members (excludes halogenated alkanes) is 10. The SMILES string of the molecule is CCCCCCCCCC(=O)NCC(CO)OCCCCCCC. The number of aliphatic hydroxyl groups is 1. The van der Waals surface area contributed by atoms with Crippen molar-refractivity contribution in [2.75, 3.05) is 19.8 Å². The van der Waals surface area contributed by atoms with Crippen molar-refractivity contribution in [3.63, 3.8) is 0 Å². The van der Waals surface area contributed by atoms with Gasteiger partial charge in [-0.05, 0) is 12.8 Å². The Kier molecular flexibility index (Phi) is 18.2. The van der Waals surface area contributed by atoms with Crippen LogP contribution in [0.15, 0.2) is 0 Å². The minimum Gasteiger partial charge on any atom is -0.394 e. The summed E-state index contributed by atoms with van der Waals surface area (Å²) < 4.78 is 5.64. The van der Waals surface area contributed by atoms with Crippen LogP contribution in [0.2, 0.25) is 0 Å². The van der Waals surface area contributed by atoms with E-state index >= 15 is 0 Å². The number of rotatable bonds is 18. The van der Waals surface area contributed by atoms with Gasteiger partial charge in [-0.15, -0.1) is 0 Å². The van der Waals surface area contributed by atoms with Gasteiger partial charge in [0.05, 0.1) is 12.7 Å². The van der Waals surface area contributed by atoms with Gasteiger partial charge in [-0.3, -0.25) is 4.79 Å². The highest BCUT2D eigenvalue weighted by atomic mass is 16.5. The molecule has 0 spiro atoms. The number of ether oxygens (including phenoxy) is 1. The molecule has 144 valence electrons. The summed E-state index contributed by atoms with van der Waals surface area (Å²) in [4.78, 5) is 11.8. The van der Waals surface area contributed by atoms with E-state index in [1.807, 2.05) is 0 Å². The zero-order chi connectivity index (χ0) is 17.9.